The van der Waals surface area contributed by atoms with Crippen molar-refractivity contribution in [1.29, 1.82) is 0 Å². The number of para-hydroxylation sites is 2. The van der Waals surface area contributed by atoms with Gasteiger partial charge in [0.15, 0.2) is 16.7 Å². The maximum absolute atomic E-state index is 6.52. The van der Waals surface area contributed by atoms with E-state index in [1.807, 2.05) is 97.5 Å². The number of fused-ring (bicyclic) bond motifs is 9. The Morgan fingerprint density at radius 1 is 0.385 bits per heavy atom. The molecule has 0 aliphatic heterocycles. The molecule has 0 amide bonds. The van der Waals surface area contributed by atoms with Crippen LogP contribution < -0.4 is 0 Å². The molecule has 0 saturated carbocycles. The highest BCUT2D eigenvalue weighted by Crippen LogP contribution is 2.43. The molecule has 0 aliphatic carbocycles. The van der Waals surface area contributed by atoms with Crippen LogP contribution in [0.15, 0.2) is 117 Å². The largest absolute Gasteiger partial charge is 0.454 e. The van der Waals surface area contributed by atoms with E-state index in [0.29, 0.717) is 5.58 Å². The second kappa shape index (κ2) is 7.52. The van der Waals surface area contributed by atoms with Crippen LogP contribution in [0.25, 0.3) is 88.5 Å². The average Bonchev–Trinajstić information content (AvgIpc) is 3.68. The quantitative estimate of drug-likeness (QED) is 0.234. The lowest BCUT2D eigenvalue weighted by Crippen LogP contribution is -1.85. The number of nitrogens with zero attached hydrogens (tertiary/aromatic N) is 3. The number of hydrogen-bond acceptors (Lipinski definition) is 6. The van der Waals surface area contributed by atoms with Crippen LogP contribution in [0.2, 0.25) is 0 Å². The molecule has 39 heavy (non-hydrogen) atoms. The highest BCUT2D eigenvalue weighted by atomic mass is 16.3. The van der Waals surface area contributed by atoms with Crippen molar-refractivity contribution < 1.29 is 13.3 Å². The fraction of sp³-hybridized carbons (Fsp3) is 0. The zero-order valence-electron chi connectivity index (χ0n) is 20.4. The fourth-order valence-electron chi connectivity index (χ4n) is 5.77. The molecule has 0 atom stereocenters. The lowest BCUT2D eigenvalue weighted by molar-refractivity contribution is 0.664. The van der Waals surface area contributed by atoms with Gasteiger partial charge in [0, 0.05) is 46.1 Å². The number of rotatable bonds is 2. The van der Waals surface area contributed by atoms with Gasteiger partial charge in [-0.2, -0.15) is 0 Å². The summed E-state index contributed by atoms with van der Waals surface area (Å²) in [5.41, 5.74) is 10.7. The molecule has 6 nitrogen and oxygen atoms in total. The van der Waals surface area contributed by atoms with Crippen LogP contribution in [0.1, 0.15) is 0 Å². The molecule has 6 aromatic heterocycles. The van der Waals surface area contributed by atoms with Gasteiger partial charge in [-0.15, -0.1) is 0 Å². The van der Waals surface area contributed by atoms with Crippen molar-refractivity contribution in [2.75, 3.05) is 0 Å². The SMILES string of the molecule is c1ccc2c(c1)oc1c(-c3ccnc4c3oc3cccc(-c5ccnc6c5oc5ccccc56)c34)ccnc12. The maximum atomic E-state index is 6.52. The first kappa shape index (κ1) is 20.6. The Balaban J connectivity index is 1.35. The molecular weight excluding hydrogens is 486 g/mol. The predicted octanol–water partition coefficient (Wildman–Crippen LogP) is 8.90. The van der Waals surface area contributed by atoms with Crippen LogP contribution in [0, 0.1) is 0 Å². The zero-order valence-corrected chi connectivity index (χ0v) is 20.4. The molecule has 3 aromatic carbocycles. The monoisotopic (exact) mass is 503 g/mol. The van der Waals surface area contributed by atoms with Gasteiger partial charge in [-0.25, -0.2) is 0 Å². The topological polar surface area (TPSA) is 78.1 Å². The fourth-order valence-corrected chi connectivity index (χ4v) is 5.77. The summed E-state index contributed by atoms with van der Waals surface area (Å²) in [5.74, 6) is 0. The van der Waals surface area contributed by atoms with E-state index in [2.05, 4.69) is 16.0 Å². The first-order valence-electron chi connectivity index (χ1n) is 12.7. The second-order valence-electron chi connectivity index (χ2n) is 9.59. The first-order chi connectivity index (χ1) is 19.3. The standard InChI is InChI=1S/C33H17N3O3/c1-3-9-24-22(6-1)28-31(37-24)19(12-15-34-28)18-8-5-11-26-27(18)30-33(39-26)21(14-17-36-30)20-13-16-35-29-23-7-2-4-10-25(23)38-32(20)29/h1-17H. The third-order valence-corrected chi connectivity index (χ3v) is 7.48. The van der Waals surface area contributed by atoms with E-state index in [4.69, 9.17) is 18.2 Å². The van der Waals surface area contributed by atoms with E-state index in [9.17, 15) is 0 Å². The molecule has 0 radical (unpaired) electrons. The van der Waals surface area contributed by atoms with Crippen LogP contribution >= 0.6 is 0 Å². The van der Waals surface area contributed by atoms with Crippen LogP contribution in [0.3, 0.4) is 0 Å². The van der Waals surface area contributed by atoms with Crippen molar-refractivity contribution in [2.24, 2.45) is 0 Å². The van der Waals surface area contributed by atoms with E-state index in [1.165, 1.54) is 0 Å². The molecule has 0 aliphatic rings. The number of furan rings is 3. The van der Waals surface area contributed by atoms with Crippen molar-refractivity contribution in [3.05, 3.63) is 104 Å². The Morgan fingerprint density at radius 2 is 0.846 bits per heavy atom. The molecular formula is C33H17N3O3. The van der Waals surface area contributed by atoms with Crippen LogP contribution in [0.5, 0.6) is 0 Å². The lowest BCUT2D eigenvalue weighted by Gasteiger charge is -2.05. The van der Waals surface area contributed by atoms with Crippen LogP contribution in [0.4, 0.5) is 0 Å². The molecule has 9 rings (SSSR count). The predicted molar refractivity (Wildman–Crippen MR) is 153 cm³/mol. The summed E-state index contributed by atoms with van der Waals surface area (Å²) in [4.78, 5) is 14.1. The third-order valence-electron chi connectivity index (χ3n) is 7.48. The number of hydrogen-bond donors (Lipinski definition) is 0. The van der Waals surface area contributed by atoms with E-state index in [0.717, 1.165) is 82.9 Å². The van der Waals surface area contributed by atoms with Crippen molar-refractivity contribution in [2.45, 2.75) is 0 Å². The Bertz CT molecular complexity index is 2410. The Hall–Kier alpha value is -5.49. The average molecular weight is 504 g/mol. The van der Waals surface area contributed by atoms with Crippen molar-refractivity contribution in [3.63, 3.8) is 0 Å². The number of aromatic nitrogens is 3. The van der Waals surface area contributed by atoms with Crippen LogP contribution in [-0.2, 0) is 0 Å². The van der Waals surface area contributed by atoms with E-state index >= 15 is 0 Å². The Kier molecular flexibility index (Phi) is 3.96. The first-order valence-corrected chi connectivity index (χ1v) is 12.7. The minimum Gasteiger partial charge on any atom is -0.454 e. The van der Waals surface area contributed by atoms with Gasteiger partial charge in [0.2, 0.25) is 0 Å². The summed E-state index contributed by atoms with van der Waals surface area (Å²) < 4.78 is 19.1. The summed E-state index contributed by atoms with van der Waals surface area (Å²) in [6.45, 7) is 0. The second-order valence-corrected chi connectivity index (χ2v) is 9.59. The molecule has 0 fully saturated rings. The summed E-state index contributed by atoms with van der Waals surface area (Å²) in [5, 5.41) is 2.91. The minimum absolute atomic E-state index is 0.697. The lowest BCUT2D eigenvalue weighted by atomic mass is 9.99. The smallest absolute Gasteiger partial charge is 0.161 e. The van der Waals surface area contributed by atoms with Crippen molar-refractivity contribution in [3.8, 4) is 22.3 Å². The van der Waals surface area contributed by atoms with E-state index in [-0.39, 0.29) is 0 Å². The van der Waals surface area contributed by atoms with Gasteiger partial charge < -0.3 is 13.3 Å². The van der Waals surface area contributed by atoms with Gasteiger partial charge in [-0.1, -0.05) is 36.4 Å². The molecule has 0 bridgehead atoms. The van der Waals surface area contributed by atoms with E-state index in [1.54, 1.807) is 0 Å². The highest BCUT2D eigenvalue weighted by Gasteiger charge is 2.22. The molecule has 6 heteroatoms. The van der Waals surface area contributed by atoms with Gasteiger partial charge >= 0.3 is 0 Å². The number of pyridine rings is 3. The summed E-state index contributed by atoms with van der Waals surface area (Å²) in [6.07, 6.45) is 5.46. The van der Waals surface area contributed by atoms with Gasteiger partial charge in [0.25, 0.3) is 0 Å². The van der Waals surface area contributed by atoms with Crippen molar-refractivity contribution >= 4 is 66.2 Å². The summed E-state index contributed by atoms with van der Waals surface area (Å²) in [6, 6.07) is 27.9. The van der Waals surface area contributed by atoms with Gasteiger partial charge in [-0.3, -0.25) is 15.0 Å². The number of benzene rings is 3. The minimum atomic E-state index is 0.697. The van der Waals surface area contributed by atoms with Crippen molar-refractivity contribution in [1.82, 2.24) is 15.0 Å². The molecule has 0 saturated heterocycles. The van der Waals surface area contributed by atoms with Gasteiger partial charge in [0.1, 0.15) is 33.3 Å². The molecule has 9 aromatic rings. The molecule has 0 N–H and O–H groups in total. The zero-order chi connectivity index (χ0) is 25.5. The Morgan fingerprint density at radius 3 is 1.46 bits per heavy atom. The normalized spacial score (nSPS) is 12.1. The van der Waals surface area contributed by atoms with E-state index < -0.39 is 0 Å². The summed E-state index contributed by atoms with van der Waals surface area (Å²) >= 11 is 0. The summed E-state index contributed by atoms with van der Waals surface area (Å²) in [7, 11) is 0. The molecule has 182 valence electrons. The van der Waals surface area contributed by atoms with Gasteiger partial charge in [0.05, 0.1) is 5.39 Å². The molecule has 0 unspecified atom stereocenters. The highest BCUT2D eigenvalue weighted by molar-refractivity contribution is 6.18. The maximum Gasteiger partial charge on any atom is 0.161 e. The van der Waals surface area contributed by atoms with Crippen LogP contribution in [-0.4, -0.2) is 15.0 Å². The Labute approximate surface area is 220 Å². The van der Waals surface area contributed by atoms with Gasteiger partial charge in [-0.05, 0) is 54.1 Å². The third kappa shape index (κ3) is 2.77. The molecule has 6 heterocycles. The molecule has 0 spiro atoms.